The maximum Gasteiger partial charge on any atom is 0.0525 e. The highest BCUT2D eigenvalue weighted by molar-refractivity contribution is 9.10. The van der Waals surface area contributed by atoms with E-state index in [1.165, 1.54) is 18.5 Å². The van der Waals surface area contributed by atoms with Crippen LogP contribution in [-0.4, -0.2) is 25.7 Å². The first kappa shape index (κ1) is 13.2. The highest BCUT2D eigenvalue weighted by Gasteiger charge is 2.19. The summed E-state index contributed by atoms with van der Waals surface area (Å²) < 4.78 is 1.13. The molecule has 0 aromatic heterocycles. The number of halogens is 2. The van der Waals surface area contributed by atoms with Crippen molar-refractivity contribution in [1.82, 2.24) is 5.32 Å². The molecule has 0 spiro atoms. The molecule has 0 bridgehead atoms. The fraction of sp³-hybridized carbons (Fsp3) is 0.538. The van der Waals surface area contributed by atoms with Gasteiger partial charge in [-0.2, -0.15) is 0 Å². The third-order valence-electron chi connectivity index (χ3n) is 3.24. The Kier molecular flexibility index (Phi) is 4.71. The average Bonchev–Trinajstić information content (AvgIpc) is 2.34. The molecular formula is C13H18BrClN2. The van der Waals surface area contributed by atoms with Crippen molar-refractivity contribution in [2.45, 2.75) is 25.8 Å². The lowest BCUT2D eigenvalue weighted by Gasteiger charge is -2.34. The van der Waals surface area contributed by atoms with Gasteiger partial charge in [0.2, 0.25) is 0 Å². The molecule has 1 aromatic carbocycles. The molecular weight excluding hydrogens is 300 g/mol. The van der Waals surface area contributed by atoms with Crippen molar-refractivity contribution in [2.24, 2.45) is 0 Å². The summed E-state index contributed by atoms with van der Waals surface area (Å²) in [6, 6.07) is 6.66. The largest absolute Gasteiger partial charge is 0.370 e. The van der Waals surface area contributed by atoms with Gasteiger partial charge in [-0.05, 0) is 53.5 Å². The van der Waals surface area contributed by atoms with E-state index < -0.39 is 0 Å². The molecule has 17 heavy (non-hydrogen) atoms. The molecule has 1 fully saturated rings. The molecule has 1 heterocycles. The Hall–Kier alpha value is -0.250. The van der Waals surface area contributed by atoms with Crippen molar-refractivity contribution >= 4 is 33.2 Å². The van der Waals surface area contributed by atoms with Crippen LogP contribution in [-0.2, 0) is 0 Å². The minimum Gasteiger partial charge on any atom is -0.370 e. The molecule has 4 heteroatoms. The summed E-state index contributed by atoms with van der Waals surface area (Å²) in [7, 11) is 0. The minimum atomic E-state index is 0.675. The lowest BCUT2D eigenvalue weighted by atomic mass is 10.0. The van der Waals surface area contributed by atoms with Crippen molar-refractivity contribution in [2.75, 3.05) is 24.5 Å². The predicted molar refractivity (Wildman–Crippen MR) is 78.1 cm³/mol. The van der Waals surface area contributed by atoms with Crippen LogP contribution in [0.3, 0.4) is 0 Å². The molecule has 0 saturated carbocycles. The zero-order valence-electron chi connectivity index (χ0n) is 10.0. The van der Waals surface area contributed by atoms with Gasteiger partial charge in [-0.1, -0.05) is 18.5 Å². The van der Waals surface area contributed by atoms with Gasteiger partial charge in [-0.3, -0.25) is 0 Å². The van der Waals surface area contributed by atoms with E-state index in [4.69, 9.17) is 11.6 Å². The van der Waals surface area contributed by atoms with Crippen LogP contribution in [0.1, 0.15) is 19.8 Å². The SMILES string of the molecule is CCNC1CCN(c2cc(Cl)ccc2Br)CC1. The predicted octanol–water partition coefficient (Wildman–Crippen LogP) is 3.68. The Balaban J connectivity index is 2.02. The van der Waals surface area contributed by atoms with E-state index in [0.717, 1.165) is 29.1 Å². The maximum atomic E-state index is 6.05. The van der Waals surface area contributed by atoms with Gasteiger partial charge in [0.05, 0.1) is 5.69 Å². The van der Waals surface area contributed by atoms with Crippen LogP contribution < -0.4 is 10.2 Å². The van der Waals surface area contributed by atoms with Gasteiger partial charge >= 0.3 is 0 Å². The normalized spacial score (nSPS) is 17.5. The summed E-state index contributed by atoms with van der Waals surface area (Å²) in [6.45, 7) is 5.42. The van der Waals surface area contributed by atoms with E-state index in [1.54, 1.807) is 0 Å². The topological polar surface area (TPSA) is 15.3 Å². The van der Waals surface area contributed by atoms with Crippen LogP contribution in [0.5, 0.6) is 0 Å². The second-order valence-electron chi connectivity index (χ2n) is 4.41. The summed E-state index contributed by atoms with van der Waals surface area (Å²) in [4.78, 5) is 2.41. The Morgan fingerprint density at radius 1 is 1.41 bits per heavy atom. The summed E-state index contributed by atoms with van der Waals surface area (Å²) in [5.41, 5.74) is 1.22. The van der Waals surface area contributed by atoms with Crippen molar-refractivity contribution < 1.29 is 0 Å². The molecule has 0 amide bonds. The number of hydrogen-bond donors (Lipinski definition) is 1. The molecule has 1 aliphatic rings. The highest BCUT2D eigenvalue weighted by Crippen LogP contribution is 2.31. The van der Waals surface area contributed by atoms with E-state index in [0.29, 0.717) is 6.04 Å². The van der Waals surface area contributed by atoms with Gasteiger partial charge < -0.3 is 10.2 Å². The van der Waals surface area contributed by atoms with Crippen LogP contribution in [0.2, 0.25) is 5.02 Å². The van der Waals surface area contributed by atoms with Crippen molar-refractivity contribution in [3.05, 3.63) is 27.7 Å². The van der Waals surface area contributed by atoms with E-state index in [9.17, 15) is 0 Å². The first-order chi connectivity index (χ1) is 8.20. The molecule has 1 N–H and O–H groups in total. The average molecular weight is 318 g/mol. The Morgan fingerprint density at radius 3 is 2.76 bits per heavy atom. The lowest BCUT2D eigenvalue weighted by molar-refractivity contribution is 0.424. The quantitative estimate of drug-likeness (QED) is 0.915. The standard InChI is InChI=1S/C13H18BrClN2/c1-2-16-11-5-7-17(8-6-11)13-9-10(15)3-4-12(13)14/h3-4,9,11,16H,2,5-8H2,1H3. The first-order valence-corrected chi connectivity index (χ1v) is 7.31. The second-order valence-corrected chi connectivity index (χ2v) is 5.71. The van der Waals surface area contributed by atoms with Crippen LogP contribution in [0.25, 0.3) is 0 Å². The molecule has 0 aliphatic carbocycles. The zero-order chi connectivity index (χ0) is 12.3. The first-order valence-electron chi connectivity index (χ1n) is 6.14. The molecule has 2 rings (SSSR count). The smallest absolute Gasteiger partial charge is 0.0525 e. The molecule has 0 unspecified atom stereocenters. The molecule has 0 atom stereocenters. The molecule has 1 aliphatic heterocycles. The van der Waals surface area contributed by atoms with Crippen LogP contribution in [0.15, 0.2) is 22.7 Å². The summed E-state index contributed by atoms with van der Waals surface area (Å²) >= 11 is 9.65. The summed E-state index contributed by atoms with van der Waals surface area (Å²) in [5.74, 6) is 0. The second kappa shape index (κ2) is 6.07. The number of piperidine rings is 1. The maximum absolute atomic E-state index is 6.05. The van der Waals surface area contributed by atoms with Crippen LogP contribution in [0.4, 0.5) is 5.69 Å². The van der Waals surface area contributed by atoms with E-state index in [2.05, 4.69) is 33.1 Å². The van der Waals surface area contributed by atoms with Crippen LogP contribution in [0, 0.1) is 0 Å². The Bertz CT molecular complexity index is 376. The van der Waals surface area contributed by atoms with Gasteiger partial charge in [0.25, 0.3) is 0 Å². The van der Waals surface area contributed by atoms with E-state index >= 15 is 0 Å². The van der Waals surface area contributed by atoms with Gasteiger partial charge in [-0.25, -0.2) is 0 Å². The van der Waals surface area contributed by atoms with E-state index in [1.807, 2.05) is 18.2 Å². The number of benzene rings is 1. The molecule has 2 nitrogen and oxygen atoms in total. The molecule has 1 saturated heterocycles. The molecule has 94 valence electrons. The van der Waals surface area contributed by atoms with Crippen molar-refractivity contribution in [3.63, 3.8) is 0 Å². The highest BCUT2D eigenvalue weighted by atomic mass is 79.9. The third-order valence-corrected chi connectivity index (χ3v) is 4.14. The third kappa shape index (κ3) is 3.36. The van der Waals surface area contributed by atoms with Gasteiger partial charge in [-0.15, -0.1) is 0 Å². The number of rotatable bonds is 3. The van der Waals surface area contributed by atoms with Crippen molar-refractivity contribution in [3.8, 4) is 0 Å². The number of anilines is 1. The minimum absolute atomic E-state index is 0.675. The Morgan fingerprint density at radius 2 is 2.12 bits per heavy atom. The van der Waals surface area contributed by atoms with Gasteiger partial charge in [0.1, 0.15) is 0 Å². The molecule has 0 radical (unpaired) electrons. The fourth-order valence-corrected chi connectivity index (χ4v) is 3.01. The van der Waals surface area contributed by atoms with Gasteiger partial charge in [0.15, 0.2) is 0 Å². The summed E-state index contributed by atoms with van der Waals surface area (Å²) in [5, 5.41) is 4.32. The monoisotopic (exact) mass is 316 g/mol. The molecule has 1 aromatic rings. The number of nitrogens with zero attached hydrogens (tertiary/aromatic N) is 1. The summed E-state index contributed by atoms with van der Waals surface area (Å²) in [6.07, 6.45) is 2.40. The Labute approximate surface area is 116 Å². The zero-order valence-corrected chi connectivity index (χ0v) is 12.4. The van der Waals surface area contributed by atoms with Crippen molar-refractivity contribution in [1.29, 1.82) is 0 Å². The van der Waals surface area contributed by atoms with E-state index in [-0.39, 0.29) is 0 Å². The van der Waals surface area contributed by atoms with Gasteiger partial charge in [0, 0.05) is 28.6 Å². The lowest BCUT2D eigenvalue weighted by Crippen LogP contribution is -2.42. The number of hydrogen-bond acceptors (Lipinski definition) is 2. The number of nitrogens with one attached hydrogen (secondary N) is 1. The van der Waals surface area contributed by atoms with Crippen LogP contribution >= 0.6 is 27.5 Å². The fourth-order valence-electron chi connectivity index (χ4n) is 2.34.